The zero-order valence-corrected chi connectivity index (χ0v) is 17.1. The Labute approximate surface area is 175 Å². The monoisotopic (exact) mass is 399 g/mol. The van der Waals surface area contributed by atoms with Gasteiger partial charge in [-0.2, -0.15) is 0 Å². The summed E-state index contributed by atoms with van der Waals surface area (Å²) in [7, 11) is 0. The van der Waals surface area contributed by atoms with Gasteiger partial charge in [-0.15, -0.1) is 0 Å². The average Bonchev–Trinajstić information content (AvgIpc) is 3.38. The molecule has 0 spiro atoms. The number of rotatable bonds is 5. The van der Waals surface area contributed by atoms with Crippen LogP contribution < -0.4 is 5.73 Å². The van der Waals surface area contributed by atoms with Crippen molar-refractivity contribution in [2.45, 2.75) is 32.9 Å². The minimum absolute atomic E-state index is 0.0830. The number of nitrogen functional groups attached to an aromatic ring is 1. The van der Waals surface area contributed by atoms with Crippen molar-refractivity contribution in [1.29, 1.82) is 0 Å². The largest absolute Gasteiger partial charge is 0.382 e. The summed E-state index contributed by atoms with van der Waals surface area (Å²) in [5.74, 6) is 0.683. The molecule has 152 valence electrons. The number of aromatic nitrogens is 3. The molecule has 4 aromatic rings. The Morgan fingerprint density at radius 1 is 0.967 bits per heavy atom. The van der Waals surface area contributed by atoms with Gasteiger partial charge in [0.15, 0.2) is 17.4 Å². The molecule has 6 nitrogen and oxygen atoms in total. The third kappa shape index (κ3) is 3.33. The number of hydrogen-bond donors (Lipinski definition) is 1. The van der Waals surface area contributed by atoms with E-state index in [-0.39, 0.29) is 5.78 Å². The minimum atomic E-state index is -0.0830. The van der Waals surface area contributed by atoms with E-state index >= 15 is 0 Å². The third-order valence-electron chi connectivity index (χ3n) is 5.89. The van der Waals surface area contributed by atoms with Gasteiger partial charge >= 0.3 is 0 Å². The molecule has 0 unspecified atom stereocenters. The van der Waals surface area contributed by atoms with Crippen molar-refractivity contribution in [3.63, 3.8) is 0 Å². The zero-order valence-electron chi connectivity index (χ0n) is 17.1. The molecule has 0 saturated carbocycles. The van der Waals surface area contributed by atoms with Gasteiger partial charge in [-0.25, -0.2) is 9.97 Å². The third-order valence-corrected chi connectivity index (χ3v) is 5.89. The van der Waals surface area contributed by atoms with Crippen LogP contribution in [0.3, 0.4) is 0 Å². The lowest BCUT2D eigenvalue weighted by molar-refractivity contribution is 0.100. The number of carbonyl (C=O) groups is 1. The smallest absolute Gasteiger partial charge is 0.195 e. The average molecular weight is 399 g/mol. The number of pyridine rings is 1. The van der Waals surface area contributed by atoms with Gasteiger partial charge in [-0.1, -0.05) is 42.5 Å². The maximum Gasteiger partial charge on any atom is 0.195 e. The maximum atomic E-state index is 12.4. The van der Waals surface area contributed by atoms with Crippen LogP contribution in [0, 0.1) is 0 Å². The van der Waals surface area contributed by atoms with Crippen molar-refractivity contribution < 1.29 is 4.79 Å². The molecule has 5 rings (SSSR count). The van der Waals surface area contributed by atoms with Crippen LogP contribution in [0.1, 0.15) is 41.5 Å². The summed E-state index contributed by atoms with van der Waals surface area (Å²) in [6.07, 6.45) is 2.59. The number of anilines is 1. The summed E-state index contributed by atoms with van der Waals surface area (Å²) in [5.41, 5.74) is 10.9. The predicted molar refractivity (Wildman–Crippen MR) is 120 cm³/mol. The van der Waals surface area contributed by atoms with E-state index in [1.54, 1.807) is 6.92 Å². The first-order chi connectivity index (χ1) is 14.6. The molecule has 2 aromatic carbocycles. The van der Waals surface area contributed by atoms with Gasteiger partial charge in [0, 0.05) is 25.4 Å². The van der Waals surface area contributed by atoms with E-state index in [1.807, 2.05) is 28.8 Å². The van der Waals surface area contributed by atoms with Crippen LogP contribution in [0.4, 0.5) is 5.82 Å². The number of Topliss-reactive ketones (excluding diaryl/α,β-unsaturated/α-hetero) is 1. The van der Waals surface area contributed by atoms with E-state index in [1.165, 1.54) is 31.5 Å². The molecular formula is C24H25N5O. The number of nitrogens with zero attached hydrogens (tertiary/aromatic N) is 4. The van der Waals surface area contributed by atoms with E-state index < -0.39 is 0 Å². The van der Waals surface area contributed by atoms with Crippen molar-refractivity contribution in [3.8, 4) is 0 Å². The number of nitrogens with two attached hydrogens (primary N) is 1. The number of carbonyl (C=O) groups excluding carboxylic acids is 1. The first-order valence-corrected chi connectivity index (χ1v) is 10.5. The van der Waals surface area contributed by atoms with E-state index in [0.717, 1.165) is 28.5 Å². The molecule has 0 radical (unpaired) electrons. The Hall–Kier alpha value is -3.25. The van der Waals surface area contributed by atoms with Crippen LogP contribution in [0.25, 0.3) is 21.9 Å². The molecule has 2 N–H and O–H groups in total. The Kier molecular flexibility index (Phi) is 4.71. The topological polar surface area (TPSA) is 77.0 Å². The molecule has 1 saturated heterocycles. The van der Waals surface area contributed by atoms with Gasteiger partial charge in [-0.3, -0.25) is 9.69 Å². The first kappa shape index (κ1) is 18.8. The number of ketones is 1. The van der Waals surface area contributed by atoms with Crippen LogP contribution in [-0.2, 0) is 13.1 Å². The Morgan fingerprint density at radius 3 is 2.33 bits per heavy atom. The molecule has 0 bridgehead atoms. The predicted octanol–water partition coefficient (Wildman–Crippen LogP) is 4.01. The van der Waals surface area contributed by atoms with Crippen LogP contribution in [0.5, 0.6) is 0 Å². The van der Waals surface area contributed by atoms with E-state index in [9.17, 15) is 4.79 Å². The van der Waals surface area contributed by atoms with E-state index in [0.29, 0.717) is 23.7 Å². The van der Waals surface area contributed by atoms with Gasteiger partial charge in [0.2, 0.25) is 0 Å². The fourth-order valence-corrected chi connectivity index (χ4v) is 4.41. The molecule has 3 heterocycles. The molecule has 30 heavy (non-hydrogen) atoms. The fourth-order valence-electron chi connectivity index (χ4n) is 4.41. The highest BCUT2D eigenvalue weighted by molar-refractivity contribution is 6.08. The van der Waals surface area contributed by atoms with E-state index in [4.69, 9.17) is 5.73 Å². The number of likely N-dealkylation sites (tertiary alicyclic amines) is 1. The highest BCUT2D eigenvalue weighted by Crippen LogP contribution is 2.29. The second kappa shape index (κ2) is 7.54. The normalized spacial score (nSPS) is 14.7. The standard InChI is InChI=1S/C24H25N5O/c1-16(30)24-27-21-22(19-6-2-3-7-20(19)26-23(21)25)29(24)15-18-10-8-17(9-11-18)14-28-12-4-5-13-28/h2-3,6-11H,4-5,12-15H2,1H3,(H2,25,26). The lowest BCUT2D eigenvalue weighted by atomic mass is 10.1. The molecule has 0 amide bonds. The molecule has 1 aliphatic rings. The second-order valence-electron chi connectivity index (χ2n) is 8.09. The van der Waals surface area contributed by atoms with Gasteiger partial charge < -0.3 is 10.3 Å². The first-order valence-electron chi connectivity index (χ1n) is 10.5. The lowest BCUT2D eigenvalue weighted by Gasteiger charge is -2.15. The van der Waals surface area contributed by atoms with Crippen LogP contribution >= 0.6 is 0 Å². The number of benzene rings is 2. The second-order valence-corrected chi connectivity index (χ2v) is 8.09. The molecular weight excluding hydrogens is 374 g/mol. The van der Waals surface area contributed by atoms with Crippen LogP contribution in [0.2, 0.25) is 0 Å². The highest BCUT2D eigenvalue weighted by atomic mass is 16.1. The summed E-state index contributed by atoms with van der Waals surface area (Å²) in [6, 6.07) is 16.5. The maximum absolute atomic E-state index is 12.4. The summed E-state index contributed by atoms with van der Waals surface area (Å²) in [5, 5.41) is 0.951. The summed E-state index contributed by atoms with van der Waals surface area (Å²) >= 11 is 0. The SMILES string of the molecule is CC(=O)c1nc2c(N)nc3ccccc3c2n1Cc1ccc(CN2CCCC2)cc1. The molecule has 2 aromatic heterocycles. The van der Waals surface area contributed by atoms with Crippen molar-refractivity contribution in [3.05, 3.63) is 65.5 Å². The molecule has 1 aliphatic heterocycles. The van der Waals surface area contributed by atoms with Crippen molar-refractivity contribution >= 4 is 33.5 Å². The number of hydrogen-bond acceptors (Lipinski definition) is 5. The lowest BCUT2D eigenvalue weighted by Crippen LogP contribution is -2.18. The summed E-state index contributed by atoms with van der Waals surface area (Å²) in [4.78, 5) is 23.9. The molecule has 1 fully saturated rings. The number of imidazole rings is 1. The van der Waals surface area contributed by atoms with Gasteiger partial charge in [0.05, 0.1) is 11.0 Å². The number of para-hydroxylation sites is 1. The molecule has 6 heteroatoms. The number of fused-ring (bicyclic) bond motifs is 3. The summed E-state index contributed by atoms with van der Waals surface area (Å²) < 4.78 is 1.98. The summed E-state index contributed by atoms with van der Waals surface area (Å²) in [6.45, 7) is 5.48. The Bertz CT molecular complexity index is 1240. The van der Waals surface area contributed by atoms with Gasteiger partial charge in [0.25, 0.3) is 0 Å². The van der Waals surface area contributed by atoms with Gasteiger partial charge in [0.1, 0.15) is 5.52 Å². The Balaban J connectivity index is 1.56. The van der Waals surface area contributed by atoms with E-state index in [2.05, 4.69) is 39.1 Å². The highest BCUT2D eigenvalue weighted by Gasteiger charge is 2.20. The molecule has 0 atom stereocenters. The zero-order chi connectivity index (χ0) is 20.7. The van der Waals surface area contributed by atoms with Gasteiger partial charge in [-0.05, 0) is 43.1 Å². The Morgan fingerprint density at radius 2 is 1.63 bits per heavy atom. The van der Waals surface area contributed by atoms with Crippen LogP contribution in [0.15, 0.2) is 48.5 Å². The van der Waals surface area contributed by atoms with Crippen molar-refractivity contribution in [2.75, 3.05) is 18.8 Å². The minimum Gasteiger partial charge on any atom is -0.382 e. The van der Waals surface area contributed by atoms with Crippen LogP contribution in [-0.4, -0.2) is 38.3 Å². The fraction of sp³-hybridized carbons (Fsp3) is 0.292. The quantitative estimate of drug-likeness (QED) is 0.513. The molecule has 0 aliphatic carbocycles. The van der Waals surface area contributed by atoms with Crippen molar-refractivity contribution in [2.24, 2.45) is 0 Å². The van der Waals surface area contributed by atoms with Crippen molar-refractivity contribution in [1.82, 2.24) is 19.4 Å².